The molecule has 140 valence electrons. The molecule has 2 aromatic rings. The van der Waals surface area contributed by atoms with Crippen LogP contribution in [-0.4, -0.2) is 17.9 Å². The van der Waals surface area contributed by atoms with Crippen molar-refractivity contribution in [3.05, 3.63) is 65.2 Å². The molecule has 0 aliphatic heterocycles. The predicted molar refractivity (Wildman–Crippen MR) is 103 cm³/mol. The summed E-state index contributed by atoms with van der Waals surface area (Å²) in [5.41, 5.74) is 1.72. The number of furan rings is 1. The van der Waals surface area contributed by atoms with E-state index in [9.17, 15) is 9.59 Å². The van der Waals surface area contributed by atoms with Gasteiger partial charge >= 0.3 is 0 Å². The van der Waals surface area contributed by atoms with Gasteiger partial charge in [0.15, 0.2) is 0 Å². The first-order valence-corrected chi connectivity index (χ1v) is 9.52. The Hall–Kier alpha value is -2.82. The van der Waals surface area contributed by atoms with E-state index in [0.717, 1.165) is 17.9 Å². The molecular weight excluding hydrogens is 340 g/mol. The van der Waals surface area contributed by atoms with Gasteiger partial charge in [-0.3, -0.25) is 9.59 Å². The maximum atomic E-state index is 12.9. The molecule has 2 aliphatic rings. The third kappa shape index (κ3) is 3.97. The maximum absolute atomic E-state index is 12.9. The van der Waals surface area contributed by atoms with Crippen LogP contribution in [0.3, 0.4) is 0 Å². The molecule has 5 heteroatoms. The van der Waals surface area contributed by atoms with Crippen molar-refractivity contribution in [1.29, 1.82) is 0 Å². The van der Waals surface area contributed by atoms with Gasteiger partial charge in [0.1, 0.15) is 11.5 Å². The monoisotopic (exact) mass is 364 g/mol. The zero-order valence-corrected chi connectivity index (χ0v) is 15.4. The molecule has 2 fully saturated rings. The minimum Gasteiger partial charge on any atom is -0.465 e. The molecule has 0 spiro atoms. The second-order valence-corrected chi connectivity index (χ2v) is 7.65. The lowest BCUT2D eigenvalue weighted by Crippen LogP contribution is -2.42. The molecule has 2 aliphatic carbocycles. The second kappa shape index (κ2) is 7.43. The van der Waals surface area contributed by atoms with Crippen molar-refractivity contribution in [2.24, 2.45) is 11.8 Å². The Morgan fingerprint density at radius 3 is 2.70 bits per heavy atom. The van der Waals surface area contributed by atoms with E-state index < -0.39 is 0 Å². The van der Waals surface area contributed by atoms with E-state index in [0.29, 0.717) is 17.2 Å². The summed E-state index contributed by atoms with van der Waals surface area (Å²) in [4.78, 5) is 25.5. The fourth-order valence-electron chi connectivity index (χ4n) is 4.32. The van der Waals surface area contributed by atoms with Gasteiger partial charge in [-0.15, -0.1) is 0 Å². The number of nitrogens with one attached hydrogen (secondary N) is 2. The summed E-state index contributed by atoms with van der Waals surface area (Å²) in [7, 11) is 0. The Morgan fingerprint density at radius 1 is 1.15 bits per heavy atom. The molecule has 2 bridgehead atoms. The summed E-state index contributed by atoms with van der Waals surface area (Å²) in [6.07, 6.45) is 7.82. The summed E-state index contributed by atoms with van der Waals surface area (Å²) in [5.74, 6) is 1.26. The van der Waals surface area contributed by atoms with Crippen molar-refractivity contribution >= 4 is 17.9 Å². The molecule has 1 aromatic heterocycles. The lowest BCUT2D eigenvalue weighted by atomic mass is 9.95. The van der Waals surface area contributed by atoms with Crippen LogP contribution in [0, 0.1) is 18.8 Å². The number of fused-ring (bicyclic) bond motifs is 2. The normalized spacial score (nSPS) is 24.0. The van der Waals surface area contributed by atoms with Crippen LogP contribution in [0.2, 0.25) is 0 Å². The molecule has 1 aromatic carbocycles. The van der Waals surface area contributed by atoms with Crippen LogP contribution in [0.25, 0.3) is 6.08 Å². The highest BCUT2D eigenvalue weighted by atomic mass is 16.3. The fraction of sp³-hybridized carbons (Fsp3) is 0.364. The predicted octanol–water partition coefficient (Wildman–Crippen LogP) is 3.66. The van der Waals surface area contributed by atoms with Gasteiger partial charge in [0.2, 0.25) is 0 Å². The van der Waals surface area contributed by atoms with E-state index in [4.69, 9.17) is 4.42 Å². The van der Waals surface area contributed by atoms with Gasteiger partial charge in [0, 0.05) is 17.7 Å². The quantitative estimate of drug-likeness (QED) is 0.796. The van der Waals surface area contributed by atoms with E-state index in [2.05, 4.69) is 10.6 Å². The topological polar surface area (TPSA) is 71.3 Å². The number of amides is 2. The van der Waals surface area contributed by atoms with Crippen molar-refractivity contribution in [2.45, 2.75) is 38.6 Å². The number of hydrogen-bond donors (Lipinski definition) is 2. The van der Waals surface area contributed by atoms with Crippen LogP contribution in [0.5, 0.6) is 0 Å². The summed E-state index contributed by atoms with van der Waals surface area (Å²) in [6, 6.07) is 11.0. The molecule has 2 N–H and O–H groups in total. The van der Waals surface area contributed by atoms with E-state index >= 15 is 0 Å². The summed E-state index contributed by atoms with van der Waals surface area (Å²) in [6.45, 7) is 1.93. The number of carbonyl (C=O) groups excluding carboxylic acids is 2. The summed E-state index contributed by atoms with van der Waals surface area (Å²) in [5, 5.41) is 5.89. The smallest absolute Gasteiger partial charge is 0.268 e. The molecule has 0 radical (unpaired) electrons. The average Bonchev–Trinajstić information content (AvgIpc) is 3.39. The van der Waals surface area contributed by atoms with Gasteiger partial charge in [-0.25, -0.2) is 0 Å². The molecule has 5 nitrogen and oxygen atoms in total. The van der Waals surface area contributed by atoms with Gasteiger partial charge in [0.05, 0.1) is 6.26 Å². The third-order valence-corrected chi connectivity index (χ3v) is 5.66. The maximum Gasteiger partial charge on any atom is 0.268 e. The molecule has 0 saturated heterocycles. The van der Waals surface area contributed by atoms with Crippen molar-refractivity contribution in [2.75, 3.05) is 0 Å². The van der Waals surface area contributed by atoms with Crippen LogP contribution in [0.4, 0.5) is 0 Å². The molecule has 2 saturated carbocycles. The summed E-state index contributed by atoms with van der Waals surface area (Å²) < 4.78 is 5.33. The van der Waals surface area contributed by atoms with Crippen molar-refractivity contribution < 1.29 is 14.0 Å². The van der Waals surface area contributed by atoms with E-state index in [-0.39, 0.29) is 23.6 Å². The Labute approximate surface area is 158 Å². The highest BCUT2D eigenvalue weighted by Gasteiger charge is 2.40. The Balaban J connectivity index is 1.52. The van der Waals surface area contributed by atoms with Crippen LogP contribution in [0.15, 0.2) is 52.8 Å². The minimum absolute atomic E-state index is 0.201. The molecule has 3 atom stereocenters. The highest BCUT2D eigenvalue weighted by molar-refractivity contribution is 6.05. The average molecular weight is 364 g/mol. The molecule has 3 unspecified atom stereocenters. The van der Waals surface area contributed by atoms with Gasteiger partial charge in [-0.05, 0) is 62.3 Å². The molecule has 1 heterocycles. The Morgan fingerprint density at radius 2 is 2.04 bits per heavy atom. The first kappa shape index (κ1) is 17.6. The fourth-order valence-corrected chi connectivity index (χ4v) is 4.32. The molecular formula is C22H24N2O3. The lowest BCUT2D eigenvalue weighted by Gasteiger charge is -2.23. The van der Waals surface area contributed by atoms with Crippen molar-refractivity contribution in [3.8, 4) is 0 Å². The number of rotatable bonds is 5. The number of hydrogen-bond acceptors (Lipinski definition) is 3. The van der Waals surface area contributed by atoms with Gasteiger partial charge < -0.3 is 15.1 Å². The first-order chi connectivity index (χ1) is 13.1. The SMILES string of the molecule is Cc1cccc(C(=O)N/C(=C\c2ccco2)C(=O)NC2CC3CCC2C3)c1. The molecule has 27 heavy (non-hydrogen) atoms. The highest BCUT2D eigenvalue weighted by Crippen LogP contribution is 2.44. The van der Waals surface area contributed by atoms with Crippen molar-refractivity contribution in [1.82, 2.24) is 10.6 Å². The zero-order valence-electron chi connectivity index (χ0n) is 15.4. The number of aryl methyl sites for hydroxylation is 1. The van der Waals surface area contributed by atoms with Gasteiger partial charge in [-0.1, -0.05) is 24.1 Å². The van der Waals surface area contributed by atoms with Crippen LogP contribution >= 0.6 is 0 Å². The van der Waals surface area contributed by atoms with Crippen LogP contribution < -0.4 is 10.6 Å². The zero-order chi connectivity index (χ0) is 18.8. The Bertz CT molecular complexity index is 869. The second-order valence-electron chi connectivity index (χ2n) is 7.65. The van der Waals surface area contributed by atoms with E-state index in [1.165, 1.54) is 19.3 Å². The number of carbonyl (C=O) groups is 2. The van der Waals surface area contributed by atoms with Gasteiger partial charge in [-0.2, -0.15) is 0 Å². The standard InChI is InChI=1S/C22H24N2O3/c1-14-4-2-5-17(10-14)21(25)24-20(13-18-6-3-9-27-18)22(26)23-19-12-15-7-8-16(19)11-15/h2-6,9-10,13,15-16,19H,7-8,11-12H2,1H3,(H,23,26)(H,24,25)/b20-13-. The third-order valence-electron chi connectivity index (χ3n) is 5.66. The van der Waals surface area contributed by atoms with E-state index in [1.807, 2.05) is 19.1 Å². The Kier molecular flexibility index (Phi) is 4.84. The summed E-state index contributed by atoms with van der Waals surface area (Å²) >= 11 is 0. The lowest BCUT2D eigenvalue weighted by molar-refractivity contribution is -0.118. The number of benzene rings is 1. The first-order valence-electron chi connectivity index (χ1n) is 9.52. The van der Waals surface area contributed by atoms with E-state index in [1.54, 1.807) is 36.6 Å². The minimum atomic E-state index is -0.306. The largest absolute Gasteiger partial charge is 0.465 e. The van der Waals surface area contributed by atoms with Gasteiger partial charge in [0.25, 0.3) is 11.8 Å². The molecule has 4 rings (SSSR count). The molecule has 2 amide bonds. The van der Waals surface area contributed by atoms with Crippen LogP contribution in [0.1, 0.15) is 47.4 Å². The van der Waals surface area contributed by atoms with Crippen molar-refractivity contribution in [3.63, 3.8) is 0 Å². The van der Waals surface area contributed by atoms with Crippen LogP contribution in [-0.2, 0) is 4.79 Å².